The summed E-state index contributed by atoms with van der Waals surface area (Å²) in [6.45, 7) is 2.06. The SMILES string of the molecule is CCOc1cc(/C=C2\NC(=O)N(Cc3ccc(C(=O)OC)o3)C2=O)c(Br)c(Br)c1OCc1cccc(F)c1. The van der Waals surface area contributed by atoms with Crippen LogP contribution in [0.3, 0.4) is 0 Å². The highest BCUT2D eigenvalue weighted by molar-refractivity contribution is 9.13. The molecule has 0 bridgehead atoms. The fraction of sp³-hybridized carbons (Fsp3) is 0.192. The normalized spacial score (nSPS) is 14.1. The van der Waals surface area contributed by atoms with Crippen LogP contribution >= 0.6 is 31.9 Å². The summed E-state index contributed by atoms with van der Waals surface area (Å²) >= 11 is 7.01. The zero-order valence-electron chi connectivity index (χ0n) is 20.2. The minimum atomic E-state index is -0.669. The Kier molecular flexibility index (Phi) is 8.52. The number of benzene rings is 2. The van der Waals surface area contributed by atoms with Crippen LogP contribution in [0.4, 0.5) is 9.18 Å². The summed E-state index contributed by atoms with van der Waals surface area (Å²) < 4.78 is 36.3. The van der Waals surface area contributed by atoms with E-state index in [-0.39, 0.29) is 36.2 Å². The third-order valence-electron chi connectivity index (χ3n) is 5.35. The molecule has 2 heterocycles. The standard InChI is InChI=1S/C26H21Br2FN2O7/c1-3-36-20-11-15(21(27)22(28)23(20)37-13-14-5-4-6-16(29)9-14)10-18-24(32)31(26(34)30-18)12-17-7-8-19(38-17)25(33)35-2/h4-11H,3,12-13H2,1-2H3,(H,30,34)/b18-10-. The molecule has 0 unspecified atom stereocenters. The molecule has 1 saturated heterocycles. The van der Waals surface area contributed by atoms with Gasteiger partial charge in [-0.05, 0) is 86.3 Å². The largest absolute Gasteiger partial charge is 0.490 e. The lowest BCUT2D eigenvalue weighted by Gasteiger charge is -2.17. The van der Waals surface area contributed by atoms with Crippen molar-refractivity contribution >= 4 is 55.8 Å². The molecule has 0 radical (unpaired) electrons. The Morgan fingerprint density at radius 3 is 2.63 bits per heavy atom. The van der Waals surface area contributed by atoms with E-state index >= 15 is 0 Å². The molecule has 1 aliphatic heterocycles. The maximum absolute atomic E-state index is 13.6. The van der Waals surface area contributed by atoms with Crippen molar-refractivity contribution in [2.24, 2.45) is 0 Å². The number of ether oxygens (including phenoxy) is 3. The number of esters is 1. The third-order valence-corrected chi connectivity index (χ3v) is 7.50. The topological polar surface area (TPSA) is 107 Å². The van der Waals surface area contributed by atoms with E-state index in [1.54, 1.807) is 18.2 Å². The number of hydrogen-bond donors (Lipinski definition) is 1. The van der Waals surface area contributed by atoms with Crippen molar-refractivity contribution in [2.75, 3.05) is 13.7 Å². The van der Waals surface area contributed by atoms with Crippen molar-refractivity contribution in [1.29, 1.82) is 0 Å². The van der Waals surface area contributed by atoms with Crippen LogP contribution in [0.25, 0.3) is 6.08 Å². The number of methoxy groups -OCH3 is 1. The molecule has 198 valence electrons. The van der Waals surface area contributed by atoms with E-state index < -0.39 is 17.9 Å². The van der Waals surface area contributed by atoms with Crippen LogP contribution in [0.2, 0.25) is 0 Å². The molecule has 9 nitrogen and oxygen atoms in total. The second-order valence-corrected chi connectivity index (χ2v) is 9.50. The van der Waals surface area contributed by atoms with Crippen LogP contribution in [0.1, 0.15) is 34.4 Å². The molecule has 0 aliphatic carbocycles. The maximum atomic E-state index is 13.6. The molecule has 1 aromatic heterocycles. The summed E-state index contributed by atoms with van der Waals surface area (Å²) in [7, 11) is 1.22. The number of imide groups is 1. The van der Waals surface area contributed by atoms with Crippen molar-refractivity contribution < 1.29 is 37.4 Å². The number of urea groups is 1. The van der Waals surface area contributed by atoms with Crippen LogP contribution in [0.5, 0.6) is 11.5 Å². The summed E-state index contributed by atoms with van der Waals surface area (Å²) in [5.74, 6) is -0.666. The highest BCUT2D eigenvalue weighted by atomic mass is 79.9. The molecule has 38 heavy (non-hydrogen) atoms. The van der Waals surface area contributed by atoms with Crippen molar-refractivity contribution in [1.82, 2.24) is 10.2 Å². The number of carbonyl (C=O) groups is 3. The fourth-order valence-corrected chi connectivity index (χ4v) is 4.54. The molecular formula is C26H21Br2FN2O7. The minimum Gasteiger partial charge on any atom is -0.490 e. The van der Waals surface area contributed by atoms with Gasteiger partial charge in [-0.25, -0.2) is 14.0 Å². The first-order valence-corrected chi connectivity index (χ1v) is 12.8. The number of furan rings is 1. The summed E-state index contributed by atoms with van der Waals surface area (Å²) in [4.78, 5) is 38.1. The number of nitrogens with one attached hydrogen (secondary N) is 1. The number of nitrogens with zero attached hydrogens (tertiary/aromatic N) is 1. The van der Waals surface area contributed by atoms with Crippen molar-refractivity contribution in [2.45, 2.75) is 20.1 Å². The van der Waals surface area contributed by atoms with E-state index in [0.29, 0.717) is 38.2 Å². The second-order valence-electron chi connectivity index (χ2n) is 7.91. The molecule has 1 aliphatic rings. The predicted octanol–water partition coefficient (Wildman–Crippen LogP) is 5.80. The maximum Gasteiger partial charge on any atom is 0.373 e. The Labute approximate surface area is 233 Å². The molecule has 0 saturated carbocycles. The highest BCUT2D eigenvalue weighted by Gasteiger charge is 2.35. The van der Waals surface area contributed by atoms with Gasteiger partial charge in [-0.15, -0.1) is 0 Å². The fourth-order valence-electron chi connectivity index (χ4n) is 3.59. The number of amides is 3. The van der Waals surface area contributed by atoms with Crippen LogP contribution in [-0.4, -0.2) is 36.5 Å². The van der Waals surface area contributed by atoms with Gasteiger partial charge in [0.05, 0.1) is 24.7 Å². The summed E-state index contributed by atoms with van der Waals surface area (Å²) in [6, 6.07) is 9.96. The Bertz CT molecular complexity index is 1440. The van der Waals surface area contributed by atoms with Gasteiger partial charge in [0.1, 0.15) is 23.9 Å². The lowest BCUT2D eigenvalue weighted by molar-refractivity contribution is -0.123. The van der Waals surface area contributed by atoms with Gasteiger partial charge in [0.25, 0.3) is 5.91 Å². The number of hydrogen-bond acceptors (Lipinski definition) is 7. The summed E-state index contributed by atoms with van der Waals surface area (Å²) in [5.41, 5.74) is 1.18. The van der Waals surface area contributed by atoms with Gasteiger partial charge in [-0.3, -0.25) is 9.69 Å². The predicted molar refractivity (Wildman–Crippen MR) is 141 cm³/mol. The van der Waals surface area contributed by atoms with Gasteiger partial charge in [-0.2, -0.15) is 0 Å². The Balaban J connectivity index is 1.58. The van der Waals surface area contributed by atoms with E-state index in [9.17, 15) is 18.8 Å². The number of halogens is 3. The average molecular weight is 652 g/mol. The molecule has 4 rings (SSSR count). The Hall–Kier alpha value is -3.64. The van der Waals surface area contributed by atoms with E-state index in [1.807, 2.05) is 6.92 Å². The zero-order valence-corrected chi connectivity index (χ0v) is 23.4. The monoisotopic (exact) mass is 650 g/mol. The van der Waals surface area contributed by atoms with Crippen LogP contribution in [0, 0.1) is 5.82 Å². The second kappa shape index (κ2) is 11.8. The van der Waals surface area contributed by atoms with Crippen molar-refractivity contribution in [3.63, 3.8) is 0 Å². The zero-order chi connectivity index (χ0) is 27.4. The summed E-state index contributed by atoms with van der Waals surface area (Å²) in [6.07, 6.45) is 1.50. The van der Waals surface area contributed by atoms with Gasteiger partial charge < -0.3 is 23.9 Å². The Morgan fingerprint density at radius 2 is 1.92 bits per heavy atom. The molecule has 1 fully saturated rings. The average Bonchev–Trinajstić information content (AvgIpc) is 3.47. The summed E-state index contributed by atoms with van der Waals surface area (Å²) in [5, 5.41) is 2.55. The number of rotatable bonds is 9. The van der Waals surface area contributed by atoms with Crippen LogP contribution in [-0.2, 0) is 22.7 Å². The van der Waals surface area contributed by atoms with E-state index in [4.69, 9.17) is 13.9 Å². The lowest BCUT2D eigenvalue weighted by atomic mass is 10.1. The van der Waals surface area contributed by atoms with Gasteiger partial charge in [0.2, 0.25) is 5.76 Å². The molecule has 3 amide bonds. The lowest BCUT2D eigenvalue weighted by Crippen LogP contribution is -2.30. The van der Waals surface area contributed by atoms with Crippen LogP contribution < -0.4 is 14.8 Å². The first-order chi connectivity index (χ1) is 18.2. The molecule has 0 spiro atoms. The van der Waals surface area contributed by atoms with Crippen LogP contribution in [0.15, 0.2) is 61.5 Å². The van der Waals surface area contributed by atoms with Gasteiger partial charge in [-0.1, -0.05) is 12.1 Å². The molecule has 12 heteroatoms. The molecule has 3 aromatic rings. The smallest absolute Gasteiger partial charge is 0.373 e. The molecule has 2 aromatic carbocycles. The van der Waals surface area contributed by atoms with Crippen molar-refractivity contribution in [3.05, 3.63) is 85.6 Å². The van der Waals surface area contributed by atoms with Gasteiger partial charge >= 0.3 is 12.0 Å². The highest BCUT2D eigenvalue weighted by Crippen LogP contribution is 2.44. The van der Waals surface area contributed by atoms with Gasteiger partial charge in [0.15, 0.2) is 11.5 Å². The van der Waals surface area contributed by atoms with Crippen molar-refractivity contribution in [3.8, 4) is 11.5 Å². The van der Waals surface area contributed by atoms with E-state index in [0.717, 1.165) is 4.90 Å². The molecule has 0 atom stereocenters. The molecule has 1 N–H and O–H groups in total. The molecular weight excluding hydrogens is 631 g/mol. The number of carbonyl (C=O) groups excluding carboxylic acids is 3. The minimum absolute atomic E-state index is 0.0261. The first-order valence-electron chi connectivity index (χ1n) is 11.2. The first kappa shape index (κ1) is 27.4. The quantitative estimate of drug-likeness (QED) is 0.177. The Morgan fingerprint density at radius 1 is 1.13 bits per heavy atom. The third kappa shape index (κ3) is 5.91. The van der Waals surface area contributed by atoms with Gasteiger partial charge in [0, 0.05) is 4.47 Å². The van der Waals surface area contributed by atoms with E-state index in [2.05, 4.69) is 41.9 Å². The van der Waals surface area contributed by atoms with E-state index in [1.165, 1.54) is 37.5 Å².